The predicted molar refractivity (Wildman–Crippen MR) is 302 cm³/mol. The van der Waals surface area contributed by atoms with Gasteiger partial charge in [-0.05, 0) is 0 Å². The third-order valence-electron chi connectivity index (χ3n) is 13.5. The first kappa shape index (κ1) is 54.3. The molecule has 0 saturated heterocycles. The fourth-order valence-corrected chi connectivity index (χ4v) is 22.0. The van der Waals surface area contributed by atoms with Crippen molar-refractivity contribution < 1.29 is 49.5 Å². The number of alkyl halides is 6. The Kier molecular flexibility index (Phi) is 15.6. The summed E-state index contributed by atoms with van der Waals surface area (Å²) in [4.78, 5) is 31.5. The molecule has 76 heavy (non-hydrogen) atoms. The molecular formula is C60H45BBr2F6O5P2. The van der Waals surface area contributed by atoms with Crippen molar-refractivity contribution >= 4 is 96.2 Å². The van der Waals surface area contributed by atoms with Crippen LogP contribution in [-0.4, -0.2) is 31.2 Å². The summed E-state index contributed by atoms with van der Waals surface area (Å²) in [6, 6.07) is 67.5. The Morgan fingerprint density at radius 1 is 0.382 bits per heavy atom. The first-order valence-electron chi connectivity index (χ1n) is 23.7. The van der Waals surface area contributed by atoms with E-state index in [2.05, 4.69) is 31.9 Å². The Labute approximate surface area is 453 Å². The van der Waals surface area contributed by atoms with Crippen LogP contribution >= 0.6 is 45.5 Å². The summed E-state index contributed by atoms with van der Waals surface area (Å²) in [5.41, 5.74) is -2.82. The standard InChI is InChI=1S/C60H45BBr2F6O5P2/c62-55-37-21-19-35-53(55)57(70)42-75(47-23-7-1-8-24-47,48-25-9-2-10-26-48,49-27-11-3-12-28-49)73-61(72-46-40-44(59(64,65)66)39-45(41-46)60(67,68)69)74-76(50-29-13-4-14-30-50,51-31-15-5-16-32-51,52-33-17-6-18-34-52)43-58(71)54-36-20-22-38-56(54)63/h1-41H,42-43H2. The zero-order valence-corrected chi connectivity index (χ0v) is 45.1. The van der Waals surface area contributed by atoms with Crippen molar-refractivity contribution in [1.82, 2.24) is 0 Å². The van der Waals surface area contributed by atoms with Gasteiger partial charge in [0.15, 0.2) is 0 Å². The van der Waals surface area contributed by atoms with Crippen LogP contribution < -0.4 is 36.5 Å². The third kappa shape index (κ3) is 10.2. The molecule has 0 aliphatic rings. The zero-order chi connectivity index (χ0) is 53.7. The fourth-order valence-electron chi connectivity index (χ4n) is 9.98. The normalized spacial score (nSPS) is 13.1. The molecule has 9 rings (SSSR count). The van der Waals surface area contributed by atoms with E-state index in [1.54, 1.807) is 231 Å². The van der Waals surface area contributed by atoms with Gasteiger partial charge in [0, 0.05) is 0 Å². The number of halogens is 8. The number of Topliss-reactive ketones (excluding diaryl/α,β-unsaturated/α-hetero) is 2. The van der Waals surface area contributed by atoms with Crippen LogP contribution in [0.3, 0.4) is 0 Å². The molecule has 0 saturated carbocycles. The summed E-state index contributed by atoms with van der Waals surface area (Å²) in [6.07, 6.45) is -11.6. The first-order valence-corrected chi connectivity index (χ1v) is 30.0. The molecule has 0 amide bonds. The van der Waals surface area contributed by atoms with Gasteiger partial charge in [0.05, 0.1) is 0 Å². The van der Waals surface area contributed by atoms with Crippen molar-refractivity contribution in [3.8, 4) is 5.75 Å². The number of rotatable bonds is 18. The molecule has 0 fully saturated rings. The second kappa shape index (κ2) is 21.9. The van der Waals surface area contributed by atoms with E-state index >= 15 is 9.59 Å². The van der Waals surface area contributed by atoms with Crippen molar-refractivity contribution in [1.29, 1.82) is 0 Å². The number of hydrogen-bond donors (Lipinski definition) is 0. The molecule has 0 atom stereocenters. The summed E-state index contributed by atoms with van der Waals surface area (Å²) in [5, 5.41) is 2.54. The van der Waals surface area contributed by atoms with Crippen molar-refractivity contribution in [3.05, 3.63) is 280 Å². The van der Waals surface area contributed by atoms with Crippen LogP contribution in [0.5, 0.6) is 5.75 Å². The van der Waals surface area contributed by atoms with Gasteiger partial charge in [-0.25, -0.2) is 0 Å². The van der Waals surface area contributed by atoms with Gasteiger partial charge in [-0.3, -0.25) is 0 Å². The molecule has 0 N–H and O–H groups in total. The number of carbonyl (C=O) groups excluding carboxylic acids is 2. The van der Waals surface area contributed by atoms with Crippen LogP contribution in [0.25, 0.3) is 0 Å². The van der Waals surface area contributed by atoms with E-state index in [1.807, 2.05) is 0 Å². The second-order valence-electron chi connectivity index (χ2n) is 17.9. The van der Waals surface area contributed by atoms with Gasteiger partial charge in [-0.1, -0.05) is 0 Å². The molecule has 9 aromatic rings. The average molecular weight is 1190 g/mol. The summed E-state index contributed by atoms with van der Waals surface area (Å²) in [6.45, 7) is -10.6. The molecular weight excluding hydrogens is 1150 g/mol. The second-order valence-corrected chi connectivity index (χ2v) is 28.6. The van der Waals surface area contributed by atoms with E-state index in [0.29, 0.717) is 52.9 Å². The Bertz CT molecular complexity index is 3070. The molecule has 0 aliphatic heterocycles. The average Bonchev–Trinajstić information content (AvgIpc) is 3.51. The Morgan fingerprint density at radius 3 is 0.882 bits per heavy atom. The van der Waals surface area contributed by atoms with Crippen molar-refractivity contribution in [2.75, 3.05) is 12.3 Å². The Balaban J connectivity index is 1.48. The van der Waals surface area contributed by atoms with Crippen molar-refractivity contribution in [2.24, 2.45) is 0 Å². The van der Waals surface area contributed by atoms with Gasteiger partial charge in [-0.2, -0.15) is 0 Å². The van der Waals surface area contributed by atoms with E-state index in [0.717, 1.165) is 0 Å². The van der Waals surface area contributed by atoms with E-state index < -0.39 is 74.1 Å². The topological polar surface area (TPSA) is 61.8 Å². The minimum atomic E-state index is -5.31. The number of ketones is 2. The van der Waals surface area contributed by atoms with Gasteiger partial charge in [0.25, 0.3) is 0 Å². The van der Waals surface area contributed by atoms with E-state index in [4.69, 9.17) is 13.5 Å². The Hall–Kier alpha value is -6.50. The molecule has 16 heteroatoms. The maximum absolute atomic E-state index is 15.8. The molecule has 0 aromatic heterocycles. The molecule has 0 radical (unpaired) electrons. The van der Waals surface area contributed by atoms with Crippen LogP contribution in [0, 0.1) is 0 Å². The monoisotopic (exact) mass is 1190 g/mol. The fraction of sp³-hybridized carbons (Fsp3) is 0.0667. The number of carbonyl (C=O) groups is 2. The molecule has 5 nitrogen and oxygen atoms in total. The molecule has 0 heterocycles. The number of hydrogen-bond acceptors (Lipinski definition) is 5. The van der Waals surface area contributed by atoms with Gasteiger partial charge in [0.1, 0.15) is 0 Å². The summed E-state index contributed by atoms with van der Waals surface area (Å²) < 4.78 is 114. The van der Waals surface area contributed by atoms with Gasteiger partial charge >= 0.3 is 456 Å². The quantitative estimate of drug-likeness (QED) is 0.0371. The molecule has 0 spiro atoms. The third-order valence-corrected chi connectivity index (χ3v) is 26.3. The molecule has 0 bridgehead atoms. The zero-order valence-electron chi connectivity index (χ0n) is 40.1. The molecule has 0 unspecified atom stereocenters. The summed E-state index contributed by atoms with van der Waals surface area (Å²) in [7, 11) is -2.39. The van der Waals surface area contributed by atoms with Crippen LogP contribution in [0.4, 0.5) is 26.3 Å². The van der Waals surface area contributed by atoms with Crippen molar-refractivity contribution in [3.63, 3.8) is 0 Å². The van der Waals surface area contributed by atoms with E-state index in [-0.39, 0.29) is 17.2 Å². The predicted octanol–water partition coefficient (Wildman–Crippen LogP) is 14.3. The van der Waals surface area contributed by atoms with Gasteiger partial charge < -0.3 is 0 Å². The van der Waals surface area contributed by atoms with Crippen LogP contribution in [0.15, 0.2) is 258 Å². The van der Waals surface area contributed by atoms with Crippen LogP contribution in [0.2, 0.25) is 0 Å². The number of benzene rings is 9. The van der Waals surface area contributed by atoms with E-state index in [9.17, 15) is 26.3 Å². The molecule has 384 valence electrons. The van der Waals surface area contributed by atoms with Crippen LogP contribution in [-0.2, 0) is 21.2 Å². The summed E-state index contributed by atoms with van der Waals surface area (Å²) >= 11 is 7.19. The minimum absolute atomic E-state index is 0.00614. The Morgan fingerprint density at radius 2 is 0.632 bits per heavy atom. The SMILES string of the molecule is O=C(CP(OB(Oc1cc(C(F)(F)F)cc(C(F)(F)F)c1)OP(CC(=O)c1ccccc1Br)(c1ccccc1)(c1ccccc1)c1ccccc1)(c1ccccc1)(c1ccccc1)c1ccccc1)c1ccccc1Br. The molecule has 9 aromatic carbocycles. The summed E-state index contributed by atoms with van der Waals surface area (Å²) in [5.74, 6) is -1.83. The maximum atomic E-state index is 15.8. The van der Waals surface area contributed by atoms with Crippen LogP contribution in [0.1, 0.15) is 31.8 Å². The van der Waals surface area contributed by atoms with Gasteiger partial charge in [-0.15, -0.1) is 0 Å². The van der Waals surface area contributed by atoms with Crippen molar-refractivity contribution in [2.45, 2.75) is 12.4 Å². The van der Waals surface area contributed by atoms with Gasteiger partial charge in [0.2, 0.25) is 0 Å². The van der Waals surface area contributed by atoms with E-state index in [1.165, 1.54) is 0 Å². The molecule has 0 aliphatic carbocycles. The first-order chi connectivity index (χ1) is 36.5.